The van der Waals surface area contributed by atoms with Crippen LogP contribution in [0, 0.1) is 0 Å². The number of pyridine rings is 1. The molecule has 1 aromatic heterocycles. The molecule has 18 heavy (non-hydrogen) atoms. The molecule has 1 heterocycles. The van der Waals surface area contributed by atoms with E-state index >= 15 is 0 Å². The SMILES string of the molecule is NC(Cc1ccncc1Cl)c1cc(Cl)cc(Br)c1. The third-order valence-corrected chi connectivity index (χ3v) is 3.63. The molecule has 2 N–H and O–H groups in total. The molecule has 94 valence electrons. The molecule has 0 aliphatic rings. The van der Waals surface area contributed by atoms with Gasteiger partial charge in [-0.2, -0.15) is 0 Å². The first-order valence-corrected chi connectivity index (χ1v) is 6.91. The molecule has 0 radical (unpaired) electrons. The molecule has 0 bridgehead atoms. The van der Waals surface area contributed by atoms with Gasteiger partial charge >= 0.3 is 0 Å². The molecule has 0 saturated carbocycles. The maximum absolute atomic E-state index is 6.18. The van der Waals surface area contributed by atoms with Crippen molar-refractivity contribution in [2.24, 2.45) is 5.73 Å². The second-order valence-electron chi connectivity index (χ2n) is 3.98. The third-order valence-electron chi connectivity index (χ3n) is 2.61. The van der Waals surface area contributed by atoms with E-state index in [-0.39, 0.29) is 6.04 Å². The van der Waals surface area contributed by atoms with Crippen LogP contribution in [0.5, 0.6) is 0 Å². The van der Waals surface area contributed by atoms with Crippen LogP contribution in [0.2, 0.25) is 10.0 Å². The van der Waals surface area contributed by atoms with Crippen LogP contribution in [0.25, 0.3) is 0 Å². The van der Waals surface area contributed by atoms with Crippen molar-refractivity contribution in [3.8, 4) is 0 Å². The number of hydrogen-bond acceptors (Lipinski definition) is 2. The molecule has 1 aromatic carbocycles. The molecule has 0 saturated heterocycles. The molecule has 2 rings (SSSR count). The van der Waals surface area contributed by atoms with Crippen LogP contribution < -0.4 is 5.73 Å². The number of rotatable bonds is 3. The van der Waals surface area contributed by atoms with Crippen molar-refractivity contribution in [1.29, 1.82) is 0 Å². The van der Waals surface area contributed by atoms with Crippen LogP contribution in [-0.2, 0) is 6.42 Å². The summed E-state index contributed by atoms with van der Waals surface area (Å²) in [7, 11) is 0. The molecule has 0 fully saturated rings. The fraction of sp³-hybridized carbons (Fsp3) is 0.154. The predicted octanol–water partition coefficient (Wildman–Crippen LogP) is 4.39. The zero-order chi connectivity index (χ0) is 13.1. The number of nitrogens with two attached hydrogens (primary N) is 1. The average Bonchev–Trinajstić information content (AvgIpc) is 2.31. The maximum Gasteiger partial charge on any atom is 0.0622 e. The van der Waals surface area contributed by atoms with Crippen LogP contribution in [-0.4, -0.2) is 4.98 Å². The quantitative estimate of drug-likeness (QED) is 0.895. The van der Waals surface area contributed by atoms with Crippen molar-refractivity contribution < 1.29 is 0 Å². The zero-order valence-electron chi connectivity index (χ0n) is 9.41. The molecule has 1 unspecified atom stereocenters. The summed E-state index contributed by atoms with van der Waals surface area (Å²) in [4.78, 5) is 3.95. The molecule has 1 atom stereocenters. The first-order chi connectivity index (χ1) is 8.56. The van der Waals surface area contributed by atoms with Gasteiger partial charge in [0.05, 0.1) is 5.02 Å². The Hall–Kier alpha value is -0.610. The highest BCUT2D eigenvalue weighted by atomic mass is 79.9. The fourth-order valence-electron chi connectivity index (χ4n) is 1.71. The van der Waals surface area contributed by atoms with Gasteiger partial charge in [0.15, 0.2) is 0 Å². The Balaban J connectivity index is 2.22. The Labute approximate surface area is 124 Å². The van der Waals surface area contributed by atoms with Crippen LogP contribution in [0.3, 0.4) is 0 Å². The summed E-state index contributed by atoms with van der Waals surface area (Å²) in [5.41, 5.74) is 8.13. The lowest BCUT2D eigenvalue weighted by atomic mass is 10.0. The van der Waals surface area contributed by atoms with Gasteiger partial charge in [-0.15, -0.1) is 0 Å². The Morgan fingerprint density at radius 3 is 2.72 bits per heavy atom. The Morgan fingerprint density at radius 2 is 2.06 bits per heavy atom. The predicted molar refractivity (Wildman–Crippen MR) is 79.0 cm³/mol. The highest BCUT2D eigenvalue weighted by Gasteiger charge is 2.11. The number of halogens is 3. The summed E-state index contributed by atoms with van der Waals surface area (Å²) in [5, 5.41) is 1.30. The first-order valence-electron chi connectivity index (χ1n) is 5.36. The average molecular weight is 346 g/mol. The van der Waals surface area contributed by atoms with Gasteiger partial charge in [0.2, 0.25) is 0 Å². The molecule has 0 aliphatic carbocycles. The fourth-order valence-corrected chi connectivity index (χ4v) is 2.80. The second kappa shape index (κ2) is 6.02. The van der Waals surface area contributed by atoms with E-state index < -0.39 is 0 Å². The van der Waals surface area contributed by atoms with Gasteiger partial charge in [-0.25, -0.2) is 0 Å². The number of hydrogen-bond donors (Lipinski definition) is 1. The van der Waals surface area contributed by atoms with E-state index in [1.165, 1.54) is 0 Å². The van der Waals surface area contributed by atoms with Crippen LogP contribution in [0.1, 0.15) is 17.2 Å². The Bertz CT molecular complexity index is 540. The van der Waals surface area contributed by atoms with E-state index in [1.54, 1.807) is 12.4 Å². The first kappa shape index (κ1) is 13.8. The van der Waals surface area contributed by atoms with Gasteiger partial charge in [-0.05, 0) is 41.8 Å². The van der Waals surface area contributed by atoms with Gasteiger partial charge in [0.25, 0.3) is 0 Å². The summed E-state index contributed by atoms with van der Waals surface area (Å²) < 4.78 is 0.918. The van der Waals surface area contributed by atoms with E-state index in [1.807, 2.05) is 24.3 Å². The van der Waals surface area contributed by atoms with Crippen molar-refractivity contribution in [3.05, 3.63) is 62.3 Å². The maximum atomic E-state index is 6.18. The Morgan fingerprint density at radius 1 is 1.28 bits per heavy atom. The van der Waals surface area contributed by atoms with Crippen molar-refractivity contribution in [3.63, 3.8) is 0 Å². The summed E-state index contributed by atoms with van der Waals surface area (Å²) >= 11 is 15.5. The highest BCUT2D eigenvalue weighted by Crippen LogP contribution is 2.26. The molecule has 0 aliphatic heterocycles. The highest BCUT2D eigenvalue weighted by molar-refractivity contribution is 9.10. The van der Waals surface area contributed by atoms with Crippen molar-refractivity contribution >= 4 is 39.1 Å². The minimum atomic E-state index is -0.153. The van der Waals surface area contributed by atoms with Crippen LogP contribution in [0.4, 0.5) is 0 Å². The van der Waals surface area contributed by atoms with Gasteiger partial charge < -0.3 is 5.73 Å². The summed E-state index contributed by atoms with van der Waals surface area (Å²) in [6.45, 7) is 0. The standard InChI is InChI=1S/C13H11BrCl2N2/c14-10-3-9(4-11(15)6-10)13(17)5-8-1-2-18-7-12(8)16/h1-4,6-7,13H,5,17H2. The number of nitrogens with zero attached hydrogens (tertiary/aromatic N) is 1. The minimum absolute atomic E-state index is 0.153. The second-order valence-corrected chi connectivity index (χ2v) is 5.74. The monoisotopic (exact) mass is 344 g/mol. The smallest absolute Gasteiger partial charge is 0.0622 e. The molecular weight excluding hydrogens is 335 g/mol. The lowest BCUT2D eigenvalue weighted by Crippen LogP contribution is -2.13. The van der Waals surface area contributed by atoms with Gasteiger partial charge in [0.1, 0.15) is 0 Å². The van der Waals surface area contributed by atoms with Crippen molar-refractivity contribution in [1.82, 2.24) is 4.98 Å². The summed E-state index contributed by atoms with van der Waals surface area (Å²) in [6, 6.07) is 7.39. The third kappa shape index (κ3) is 3.45. The van der Waals surface area contributed by atoms with E-state index in [0.29, 0.717) is 16.5 Å². The van der Waals surface area contributed by atoms with E-state index in [0.717, 1.165) is 15.6 Å². The van der Waals surface area contributed by atoms with E-state index in [4.69, 9.17) is 28.9 Å². The zero-order valence-corrected chi connectivity index (χ0v) is 12.5. The van der Waals surface area contributed by atoms with Crippen LogP contribution in [0.15, 0.2) is 41.1 Å². The molecule has 0 amide bonds. The summed E-state index contributed by atoms with van der Waals surface area (Å²) in [5.74, 6) is 0. The summed E-state index contributed by atoms with van der Waals surface area (Å²) in [6.07, 6.45) is 3.98. The molecule has 0 spiro atoms. The molecule has 5 heteroatoms. The lowest BCUT2D eigenvalue weighted by Gasteiger charge is -2.13. The van der Waals surface area contributed by atoms with Gasteiger partial charge in [-0.3, -0.25) is 4.98 Å². The minimum Gasteiger partial charge on any atom is -0.324 e. The molecular formula is C13H11BrCl2N2. The van der Waals surface area contributed by atoms with E-state index in [9.17, 15) is 0 Å². The Kier molecular flexibility index (Phi) is 4.62. The number of aromatic nitrogens is 1. The van der Waals surface area contributed by atoms with Crippen molar-refractivity contribution in [2.45, 2.75) is 12.5 Å². The molecule has 2 nitrogen and oxygen atoms in total. The lowest BCUT2D eigenvalue weighted by molar-refractivity contribution is 0.721. The van der Waals surface area contributed by atoms with Gasteiger partial charge in [0, 0.05) is 27.9 Å². The molecule has 2 aromatic rings. The largest absolute Gasteiger partial charge is 0.324 e. The van der Waals surface area contributed by atoms with Crippen LogP contribution >= 0.6 is 39.1 Å². The number of benzene rings is 1. The van der Waals surface area contributed by atoms with Gasteiger partial charge in [-0.1, -0.05) is 39.1 Å². The normalized spacial score (nSPS) is 12.4. The van der Waals surface area contributed by atoms with Crippen molar-refractivity contribution in [2.75, 3.05) is 0 Å². The topological polar surface area (TPSA) is 38.9 Å². The van der Waals surface area contributed by atoms with E-state index in [2.05, 4.69) is 20.9 Å².